The highest BCUT2D eigenvalue weighted by molar-refractivity contribution is 7.89. The van der Waals surface area contributed by atoms with Crippen LogP contribution >= 0.6 is 0 Å². The van der Waals surface area contributed by atoms with Gasteiger partial charge in [0.05, 0.1) is 11.4 Å². The standard InChI is InChI=1S/C11H14F2N2O4S/c1-14-10(17)8-2-4-9(5-3-8)20(18,19)15-6-11(12,13)7-16/h2-5,15-16H,6-7H2,1H3,(H,14,17). The Morgan fingerprint density at radius 1 is 1.30 bits per heavy atom. The van der Waals surface area contributed by atoms with Gasteiger partial charge in [0, 0.05) is 12.6 Å². The van der Waals surface area contributed by atoms with E-state index in [1.54, 1.807) is 4.72 Å². The van der Waals surface area contributed by atoms with Crippen LogP contribution in [0, 0.1) is 0 Å². The molecule has 0 spiro atoms. The number of hydrogen-bond donors (Lipinski definition) is 3. The van der Waals surface area contributed by atoms with Gasteiger partial charge in [0.1, 0.15) is 6.61 Å². The summed E-state index contributed by atoms with van der Waals surface area (Å²) in [6.45, 7) is -2.66. The van der Waals surface area contributed by atoms with Gasteiger partial charge in [-0.1, -0.05) is 0 Å². The molecule has 0 atom stereocenters. The van der Waals surface area contributed by atoms with Crippen molar-refractivity contribution in [2.24, 2.45) is 0 Å². The summed E-state index contributed by atoms with van der Waals surface area (Å²) in [5.74, 6) is -3.93. The molecule has 9 heteroatoms. The Labute approximate surface area is 114 Å². The smallest absolute Gasteiger partial charge is 0.283 e. The molecule has 6 nitrogen and oxygen atoms in total. The lowest BCUT2D eigenvalue weighted by atomic mass is 10.2. The van der Waals surface area contributed by atoms with Crippen molar-refractivity contribution < 1.29 is 27.1 Å². The quantitative estimate of drug-likeness (QED) is 0.687. The van der Waals surface area contributed by atoms with E-state index < -0.39 is 35.0 Å². The van der Waals surface area contributed by atoms with Crippen LogP contribution in [0.25, 0.3) is 0 Å². The zero-order chi connectivity index (χ0) is 15.4. The molecule has 0 aliphatic heterocycles. The number of carbonyl (C=O) groups is 1. The summed E-state index contributed by atoms with van der Waals surface area (Å²) >= 11 is 0. The predicted octanol–water partition coefficient (Wildman–Crippen LogP) is -0.0479. The first-order chi connectivity index (χ1) is 9.22. The minimum Gasteiger partial charge on any atom is -0.390 e. The summed E-state index contributed by atoms with van der Waals surface area (Å²) in [5, 5.41) is 10.7. The van der Waals surface area contributed by atoms with Crippen molar-refractivity contribution in [3.8, 4) is 0 Å². The molecular formula is C11H14F2N2O4S. The Bertz CT molecular complexity index is 573. The highest BCUT2D eigenvalue weighted by Crippen LogP contribution is 2.14. The number of benzene rings is 1. The first-order valence-corrected chi connectivity index (χ1v) is 7.01. The highest BCUT2D eigenvalue weighted by Gasteiger charge is 2.30. The van der Waals surface area contributed by atoms with E-state index in [1.807, 2.05) is 0 Å². The lowest BCUT2D eigenvalue weighted by Gasteiger charge is -2.14. The van der Waals surface area contributed by atoms with E-state index in [4.69, 9.17) is 5.11 Å². The molecule has 1 aromatic carbocycles. The van der Waals surface area contributed by atoms with Gasteiger partial charge in [0.25, 0.3) is 11.8 Å². The van der Waals surface area contributed by atoms with Gasteiger partial charge in [-0.05, 0) is 24.3 Å². The van der Waals surface area contributed by atoms with Gasteiger partial charge >= 0.3 is 0 Å². The average Bonchev–Trinajstić information content (AvgIpc) is 2.45. The molecular weight excluding hydrogens is 294 g/mol. The van der Waals surface area contributed by atoms with Gasteiger partial charge in [-0.25, -0.2) is 21.9 Å². The Balaban J connectivity index is 2.86. The number of halogens is 2. The Morgan fingerprint density at radius 2 is 1.85 bits per heavy atom. The van der Waals surface area contributed by atoms with E-state index in [9.17, 15) is 22.0 Å². The Hall–Kier alpha value is -1.58. The second-order valence-electron chi connectivity index (χ2n) is 3.94. The summed E-state index contributed by atoms with van der Waals surface area (Å²) in [6.07, 6.45) is 0. The van der Waals surface area contributed by atoms with Crippen molar-refractivity contribution in [3.05, 3.63) is 29.8 Å². The first-order valence-electron chi connectivity index (χ1n) is 5.52. The van der Waals surface area contributed by atoms with Crippen molar-refractivity contribution in [1.29, 1.82) is 0 Å². The van der Waals surface area contributed by atoms with Crippen molar-refractivity contribution in [1.82, 2.24) is 10.0 Å². The third-order valence-corrected chi connectivity index (χ3v) is 3.82. The fourth-order valence-electron chi connectivity index (χ4n) is 1.27. The lowest BCUT2D eigenvalue weighted by molar-refractivity contribution is -0.0437. The molecule has 1 amide bonds. The molecule has 0 saturated heterocycles. The number of aliphatic hydroxyl groups is 1. The summed E-state index contributed by atoms with van der Waals surface area (Å²) in [4.78, 5) is 11.0. The number of rotatable bonds is 6. The lowest BCUT2D eigenvalue weighted by Crippen LogP contribution is -2.38. The molecule has 0 saturated carbocycles. The van der Waals surface area contributed by atoms with Crippen molar-refractivity contribution in [2.45, 2.75) is 10.8 Å². The van der Waals surface area contributed by atoms with Crippen molar-refractivity contribution >= 4 is 15.9 Å². The third kappa shape index (κ3) is 4.22. The predicted molar refractivity (Wildman–Crippen MR) is 67.1 cm³/mol. The van der Waals surface area contributed by atoms with E-state index in [2.05, 4.69) is 5.32 Å². The zero-order valence-corrected chi connectivity index (χ0v) is 11.4. The van der Waals surface area contributed by atoms with Crippen LogP contribution in [0.15, 0.2) is 29.2 Å². The first kappa shape index (κ1) is 16.5. The van der Waals surface area contributed by atoms with Crippen LogP contribution in [-0.4, -0.2) is 45.6 Å². The SMILES string of the molecule is CNC(=O)c1ccc(S(=O)(=O)NCC(F)(F)CO)cc1. The number of alkyl halides is 2. The number of sulfonamides is 1. The molecule has 112 valence electrons. The molecule has 3 N–H and O–H groups in total. The van der Waals surface area contributed by atoms with Gasteiger partial charge < -0.3 is 10.4 Å². The van der Waals surface area contributed by atoms with Gasteiger partial charge in [-0.15, -0.1) is 0 Å². The van der Waals surface area contributed by atoms with E-state index >= 15 is 0 Å². The molecule has 0 aliphatic carbocycles. The third-order valence-electron chi connectivity index (χ3n) is 2.41. The summed E-state index contributed by atoms with van der Waals surface area (Å²) in [5.41, 5.74) is 0.243. The van der Waals surface area contributed by atoms with Crippen LogP contribution in [-0.2, 0) is 10.0 Å². The van der Waals surface area contributed by atoms with E-state index in [-0.39, 0.29) is 10.5 Å². The fourth-order valence-corrected chi connectivity index (χ4v) is 2.33. The van der Waals surface area contributed by atoms with E-state index in [1.165, 1.54) is 19.2 Å². The van der Waals surface area contributed by atoms with Gasteiger partial charge in [-0.3, -0.25) is 4.79 Å². The molecule has 1 aromatic rings. The molecule has 1 rings (SSSR count). The zero-order valence-electron chi connectivity index (χ0n) is 10.6. The normalized spacial score (nSPS) is 12.2. The van der Waals surface area contributed by atoms with Gasteiger partial charge in [-0.2, -0.15) is 0 Å². The number of nitrogens with one attached hydrogen (secondary N) is 2. The number of amides is 1. The molecule has 0 radical (unpaired) electrons. The number of hydrogen-bond acceptors (Lipinski definition) is 4. The van der Waals surface area contributed by atoms with Crippen LogP contribution in [0.3, 0.4) is 0 Å². The van der Waals surface area contributed by atoms with Crippen LogP contribution < -0.4 is 10.0 Å². The summed E-state index contributed by atoms with van der Waals surface area (Å²) < 4.78 is 50.7. The molecule has 20 heavy (non-hydrogen) atoms. The minimum absolute atomic E-state index is 0.243. The van der Waals surface area contributed by atoms with Gasteiger partial charge in [0.2, 0.25) is 10.0 Å². The maximum absolute atomic E-state index is 12.8. The summed E-state index contributed by atoms with van der Waals surface area (Å²) in [7, 11) is -2.70. The topological polar surface area (TPSA) is 95.5 Å². The molecule has 0 fully saturated rings. The molecule has 0 aromatic heterocycles. The van der Waals surface area contributed by atoms with Crippen LogP contribution in [0.2, 0.25) is 0 Å². The highest BCUT2D eigenvalue weighted by atomic mass is 32.2. The maximum atomic E-state index is 12.8. The molecule has 0 unspecified atom stereocenters. The molecule has 0 bridgehead atoms. The minimum atomic E-state index is -4.13. The van der Waals surface area contributed by atoms with E-state index in [0.29, 0.717) is 0 Å². The average molecular weight is 308 g/mol. The van der Waals surface area contributed by atoms with Crippen LogP contribution in [0.4, 0.5) is 8.78 Å². The maximum Gasteiger partial charge on any atom is 0.283 e. The second-order valence-corrected chi connectivity index (χ2v) is 5.71. The fraction of sp³-hybridized carbons (Fsp3) is 0.364. The Morgan fingerprint density at radius 3 is 2.30 bits per heavy atom. The molecule has 0 aliphatic rings. The van der Waals surface area contributed by atoms with Crippen molar-refractivity contribution in [3.63, 3.8) is 0 Å². The Kier molecular flexibility index (Phi) is 5.15. The molecule has 0 heterocycles. The van der Waals surface area contributed by atoms with E-state index in [0.717, 1.165) is 12.1 Å². The van der Waals surface area contributed by atoms with Crippen LogP contribution in [0.5, 0.6) is 0 Å². The van der Waals surface area contributed by atoms with Crippen LogP contribution in [0.1, 0.15) is 10.4 Å². The number of aliphatic hydroxyl groups excluding tert-OH is 1. The summed E-state index contributed by atoms with van der Waals surface area (Å²) in [6, 6.07) is 4.78. The second kappa shape index (κ2) is 6.25. The monoisotopic (exact) mass is 308 g/mol. The van der Waals surface area contributed by atoms with Gasteiger partial charge in [0.15, 0.2) is 0 Å². The largest absolute Gasteiger partial charge is 0.390 e. The van der Waals surface area contributed by atoms with Crippen molar-refractivity contribution in [2.75, 3.05) is 20.2 Å². The number of carbonyl (C=O) groups excluding carboxylic acids is 1.